The van der Waals surface area contributed by atoms with Crippen LogP contribution >= 0.6 is 0 Å². The summed E-state index contributed by atoms with van der Waals surface area (Å²) in [5.41, 5.74) is 0.393. The van der Waals surface area contributed by atoms with Crippen LogP contribution in [0.3, 0.4) is 0 Å². The first-order valence-electron chi connectivity index (χ1n) is 6.21. The standard InChI is InChI=1S/C15H13NO6/c1-21-12-3-4-14(22-2)13(8-12)9-5-10(15(17)18)7-11(6-9)16(19)20/h3-8H,1-2H3,(H,17,18). The Hall–Kier alpha value is -3.09. The zero-order chi connectivity index (χ0) is 16.3. The zero-order valence-electron chi connectivity index (χ0n) is 11.9. The van der Waals surface area contributed by atoms with Crippen molar-refractivity contribution >= 4 is 11.7 Å². The number of methoxy groups -OCH3 is 2. The van der Waals surface area contributed by atoms with E-state index in [4.69, 9.17) is 14.6 Å². The van der Waals surface area contributed by atoms with Crippen LogP contribution in [0.2, 0.25) is 0 Å². The molecule has 0 aliphatic carbocycles. The van der Waals surface area contributed by atoms with Crippen molar-refractivity contribution in [3.63, 3.8) is 0 Å². The van der Waals surface area contributed by atoms with Gasteiger partial charge in [0.05, 0.1) is 24.7 Å². The fourth-order valence-electron chi connectivity index (χ4n) is 2.04. The van der Waals surface area contributed by atoms with Gasteiger partial charge in [-0.05, 0) is 29.8 Å². The highest BCUT2D eigenvalue weighted by atomic mass is 16.6. The Morgan fingerprint density at radius 2 is 1.86 bits per heavy atom. The van der Waals surface area contributed by atoms with Crippen molar-refractivity contribution in [1.29, 1.82) is 0 Å². The van der Waals surface area contributed by atoms with Gasteiger partial charge in [-0.3, -0.25) is 10.1 Å². The Morgan fingerprint density at radius 1 is 1.14 bits per heavy atom. The Balaban J connectivity index is 2.70. The molecule has 2 rings (SSSR count). The molecule has 0 bridgehead atoms. The Labute approximate surface area is 125 Å². The number of benzene rings is 2. The van der Waals surface area contributed by atoms with E-state index in [9.17, 15) is 14.9 Å². The van der Waals surface area contributed by atoms with Crippen LogP contribution in [-0.4, -0.2) is 30.2 Å². The lowest BCUT2D eigenvalue weighted by Crippen LogP contribution is -2.00. The molecule has 1 N–H and O–H groups in total. The summed E-state index contributed by atoms with van der Waals surface area (Å²) in [5.74, 6) is -0.261. The molecule has 0 saturated carbocycles. The van der Waals surface area contributed by atoms with Crippen molar-refractivity contribution in [3.05, 3.63) is 52.1 Å². The number of aromatic carboxylic acids is 1. The second kappa shape index (κ2) is 6.13. The van der Waals surface area contributed by atoms with Crippen molar-refractivity contribution in [3.8, 4) is 22.6 Å². The van der Waals surface area contributed by atoms with Gasteiger partial charge in [0.15, 0.2) is 0 Å². The molecule has 0 spiro atoms. The molecule has 7 nitrogen and oxygen atoms in total. The molecular formula is C15H13NO6. The third kappa shape index (κ3) is 2.98. The molecule has 2 aromatic rings. The van der Waals surface area contributed by atoms with Gasteiger partial charge in [-0.1, -0.05) is 0 Å². The largest absolute Gasteiger partial charge is 0.497 e. The van der Waals surface area contributed by atoms with Crippen LogP contribution in [0.1, 0.15) is 10.4 Å². The lowest BCUT2D eigenvalue weighted by Gasteiger charge is -2.11. The van der Waals surface area contributed by atoms with E-state index < -0.39 is 10.9 Å². The molecular weight excluding hydrogens is 290 g/mol. The number of carbonyl (C=O) groups is 1. The lowest BCUT2D eigenvalue weighted by molar-refractivity contribution is -0.384. The molecule has 0 heterocycles. The number of ether oxygens (including phenoxy) is 2. The van der Waals surface area contributed by atoms with Gasteiger partial charge >= 0.3 is 5.97 Å². The molecule has 0 aliphatic heterocycles. The number of nitro benzene ring substituents is 1. The molecule has 0 aliphatic rings. The van der Waals surface area contributed by atoms with E-state index in [0.29, 0.717) is 22.6 Å². The zero-order valence-corrected chi connectivity index (χ0v) is 11.9. The van der Waals surface area contributed by atoms with Crippen molar-refractivity contribution in [2.75, 3.05) is 14.2 Å². The first-order chi connectivity index (χ1) is 10.5. The van der Waals surface area contributed by atoms with Crippen molar-refractivity contribution < 1.29 is 24.3 Å². The topological polar surface area (TPSA) is 98.9 Å². The van der Waals surface area contributed by atoms with E-state index in [1.54, 1.807) is 18.2 Å². The SMILES string of the molecule is COc1ccc(OC)c(-c2cc(C(=O)O)cc([N+](=O)[O-])c2)c1. The van der Waals surface area contributed by atoms with Crippen LogP contribution in [0.15, 0.2) is 36.4 Å². The van der Waals surface area contributed by atoms with Crippen LogP contribution in [-0.2, 0) is 0 Å². The number of nitro groups is 1. The predicted molar refractivity (Wildman–Crippen MR) is 78.6 cm³/mol. The van der Waals surface area contributed by atoms with Crippen molar-refractivity contribution in [2.45, 2.75) is 0 Å². The molecule has 0 saturated heterocycles. The number of hydrogen-bond acceptors (Lipinski definition) is 5. The van der Waals surface area contributed by atoms with Crippen LogP contribution in [0.5, 0.6) is 11.5 Å². The van der Waals surface area contributed by atoms with Gasteiger partial charge in [-0.2, -0.15) is 0 Å². The molecule has 0 radical (unpaired) electrons. The summed E-state index contributed by atoms with van der Waals surface area (Å²) in [4.78, 5) is 21.5. The third-order valence-electron chi connectivity index (χ3n) is 3.09. The van der Waals surface area contributed by atoms with E-state index in [2.05, 4.69) is 0 Å². The fourth-order valence-corrected chi connectivity index (χ4v) is 2.04. The minimum absolute atomic E-state index is 0.172. The van der Waals surface area contributed by atoms with Gasteiger partial charge in [-0.15, -0.1) is 0 Å². The molecule has 0 unspecified atom stereocenters. The molecule has 22 heavy (non-hydrogen) atoms. The fraction of sp³-hybridized carbons (Fsp3) is 0.133. The molecule has 0 aromatic heterocycles. The highest BCUT2D eigenvalue weighted by Gasteiger charge is 2.17. The number of carboxylic acid groups (broad SMARTS) is 1. The van der Waals surface area contributed by atoms with Crippen LogP contribution < -0.4 is 9.47 Å². The van der Waals surface area contributed by atoms with E-state index >= 15 is 0 Å². The summed E-state index contributed by atoms with van der Waals surface area (Å²) in [6.45, 7) is 0. The van der Waals surface area contributed by atoms with Crippen LogP contribution in [0, 0.1) is 10.1 Å². The second-order valence-corrected chi connectivity index (χ2v) is 4.40. The number of carboxylic acids is 1. The van der Waals surface area contributed by atoms with E-state index in [-0.39, 0.29) is 11.3 Å². The monoisotopic (exact) mass is 303 g/mol. The predicted octanol–water partition coefficient (Wildman–Crippen LogP) is 2.98. The molecule has 0 amide bonds. The summed E-state index contributed by atoms with van der Waals surface area (Å²) in [5, 5.41) is 20.1. The molecule has 2 aromatic carbocycles. The van der Waals surface area contributed by atoms with Gasteiger partial charge in [0, 0.05) is 17.7 Å². The number of rotatable bonds is 5. The smallest absolute Gasteiger partial charge is 0.335 e. The van der Waals surface area contributed by atoms with Gasteiger partial charge in [0.1, 0.15) is 11.5 Å². The van der Waals surface area contributed by atoms with Crippen LogP contribution in [0.25, 0.3) is 11.1 Å². The highest BCUT2D eigenvalue weighted by molar-refractivity contribution is 5.91. The average Bonchev–Trinajstić information content (AvgIpc) is 2.53. The van der Waals surface area contributed by atoms with Gasteiger partial charge in [-0.25, -0.2) is 4.79 Å². The Morgan fingerprint density at radius 3 is 2.41 bits per heavy atom. The van der Waals surface area contributed by atoms with E-state index in [1.807, 2.05) is 0 Å². The molecule has 114 valence electrons. The van der Waals surface area contributed by atoms with E-state index in [0.717, 1.165) is 6.07 Å². The van der Waals surface area contributed by atoms with Crippen molar-refractivity contribution in [2.24, 2.45) is 0 Å². The minimum atomic E-state index is -1.24. The maximum absolute atomic E-state index is 11.2. The van der Waals surface area contributed by atoms with Crippen LogP contribution in [0.4, 0.5) is 5.69 Å². The molecule has 7 heteroatoms. The maximum atomic E-state index is 11.2. The number of non-ortho nitro benzene ring substituents is 1. The summed E-state index contributed by atoms with van der Waals surface area (Å²) >= 11 is 0. The number of hydrogen-bond donors (Lipinski definition) is 1. The summed E-state index contributed by atoms with van der Waals surface area (Å²) in [6, 6.07) is 8.61. The summed E-state index contributed by atoms with van der Waals surface area (Å²) in [7, 11) is 2.95. The van der Waals surface area contributed by atoms with Gasteiger partial charge in [0.25, 0.3) is 5.69 Å². The average molecular weight is 303 g/mol. The first-order valence-corrected chi connectivity index (χ1v) is 6.21. The molecule has 0 atom stereocenters. The maximum Gasteiger partial charge on any atom is 0.335 e. The quantitative estimate of drug-likeness (QED) is 0.673. The van der Waals surface area contributed by atoms with E-state index in [1.165, 1.54) is 26.4 Å². The summed E-state index contributed by atoms with van der Waals surface area (Å²) in [6.07, 6.45) is 0. The second-order valence-electron chi connectivity index (χ2n) is 4.40. The third-order valence-corrected chi connectivity index (χ3v) is 3.09. The lowest BCUT2D eigenvalue weighted by atomic mass is 10.0. The van der Waals surface area contributed by atoms with Gasteiger partial charge < -0.3 is 14.6 Å². The number of nitrogens with zero attached hydrogens (tertiary/aromatic N) is 1. The Kier molecular flexibility index (Phi) is 4.26. The molecule has 0 fully saturated rings. The Bertz CT molecular complexity index is 709. The summed E-state index contributed by atoms with van der Waals surface area (Å²) < 4.78 is 10.4. The first kappa shape index (κ1) is 15.3. The van der Waals surface area contributed by atoms with Crippen molar-refractivity contribution in [1.82, 2.24) is 0 Å². The van der Waals surface area contributed by atoms with Gasteiger partial charge in [0.2, 0.25) is 0 Å². The normalized spacial score (nSPS) is 10.1. The minimum Gasteiger partial charge on any atom is -0.497 e. The highest BCUT2D eigenvalue weighted by Crippen LogP contribution is 2.35.